The van der Waals surface area contributed by atoms with Gasteiger partial charge < -0.3 is 0 Å². The number of allylic oxidation sites excluding steroid dienone is 2. The van der Waals surface area contributed by atoms with Crippen molar-refractivity contribution in [2.75, 3.05) is 0 Å². The SMILES string of the molecule is CCCC/C=C\[C@@](F)(Cl)C(F)(F)Br. The van der Waals surface area contributed by atoms with Crippen molar-refractivity contribution in [3.63, 3.8) is 0 Å². The van der Waals surface area contributed by atoms with Gasteiger partial charge in [0.15, 0.2) is 0 Å². The van der Waals surface area contributed by atoms with Gasteiger partial charge in [-0.25, -0.2) is 4.39 Å². The maximum Gasteiger partial charge on any atom is 0.352 e. The number of unbranched alkanes of at least 4 members (excludes halogenated alkanes) is 2. The van der Waals surface area contributed by atoms with E-state index in [2.05, 4.69) is 0 Å². The Morgan fingerprint density at radius 1 is 1.38 bits per heavy atom. The van der Waals surface area contributed by atoms with Gasteiger partial charge in [0, 0.05) is 0 Å². The minimum absolute atomic E-state index is 0.554. The van der Waals surface area contributed by atoms with E-state index >= 15 is 0 Å². The third kappa shape index (κ3) is 4.91. The zero-order valence-corrected chi connectivity index (χ0v) is 9.51. The molecule has 0 spiro atoms. The van der Waals surface area contributed by atoms with Crippen LogP contribution in [0, 0.1) is 0 Å². The van der Waals surface area contributed by atoms with Crippen molar-refractivity contribution in [3.05, 3.63) is 12.2 Å². The molecule has 0 rings (SSSR count). The Morgan fingerprint density at radius 3 is 2.31 bits per heavy atom. The fraction of sp³-hybridized carbons (Fsp3) is 0.750. The molecule has 0 unspecified atom stereocenters. The third-order valence-corrected chi connectivity index (χ3v) is 2.60. The molecule has 78 valence electrons. The number of rotatable bonds is 5. The summed E-state index contributed by atoms with van der Waals surface area (Å²) >= 11 is 6.82. The van der Waals surface area contributed by atoms with Crippen molar-refractivity contribution in [1.82, 2.24) is 0 Å². The van der Waals surface area contributed by atoms with Crippen LogP contribution in [0.2, 0.25) is 0 Å². The summed E-state index contributed by atoms with van der Waals surface area (Å²) < 4.78 is 37.6. The van der Waals surface area contributed by atoms with Crippen LogP contribution in [0.5, 0.6) is 0 Å². The predicted molar refractivity (Wildman–Crippen MR) is 52.2 cm³/mol. The average molecular weight is 280 g/mol. The molecular weight excluding hydrogens is 268 g/mol. The Bertz CT molecular complexity index is 175. The van der Waals surface area contributed by atoms with Gasteiger partial charge in [0.2, 0.25) is 0 Å². The van der Waals surface area contributed by atoms with Crippen LogP contribution in [-0.4, -0.2) is 9.96 Å². The van der Waals surface area contributed by atoms with E-state index in [4.69, 9.17) is 11.6 Å². The first-order valence-electron chi connectivity index (χ1n) is 3.93. The van der Waals surface area contributed by atoms with Gasteiger partial charge >= 0.3 is 4.83 Å². The molecule has 1 atom stereocenters. The number of halogens is 5. The molecule has 0 aliphatic rings. The largest absolute Gasteiger partial charge is 0.352 e. The molecule has 0 aliphatic heterocycles. The number of hydrogen-bond donors (Lipinski definition) is 0. The number of hydrogen-bond acceptors (Lipinski definition) is 0. The lowest BCUT2D eigenvalue weighted by molar-refractivity contribution is 0.0217. The first-order chi connectivity index (χ1) is 5.81. The van der Waals surface area contributed by atoms with Gasteiger partial charge in [-0.3, -0.25) is 0 Å². The average Bonchev–Trinajstić information content (AvgIpc) is 1.96. The van der Waals surface area contributed by atoms with E-state index < -0.39 is 9.96 Å². The lowest BCUT2D eigenvalue weighted by Gasteiger charge is -2.18. The van der Waals surface area contributed by atoms with E-state index in [1.807, 2.05) is 22.9 Å². The molecule has 13 heavy (non-hydrogen) atoms. The molecule has 0 heterocycles. The van der Waals surface area contributed by atoms with Crippen molar-refractivity contribution >= 4 is 27.5 Å². The maximum absolute atomic E-state index is 12.9. The molecule has 5 heteroatoms. The highest BCUT2D eigenvalue weighted by atomic mass is 79.9. The van der Waals surface area contributed by atoms with Crippen LogP contribution >= 0.6 is 27.5 Å². The molecule has 0 amide bonds. The van der Waals surface area contributed by atoms with Crippen molar-refractivity contribution in [1.29, 1.82) is 0 Å². The zero-order valence-electron chi connectivity index (χ0n) is 7.17. The van der Waals surface area contributed by atoms with Crippen LogP contribution in [0.1, 0.15) is 26.2 Å². The van der Waals surface area contributed by atoms with E-state index in [1.165, 1.54) is 6.08 Å². The van der Waals surface area contributed by atoms with Gasteiger partial charge in [-0.15, -0.1) is 0 Å². The van der Waals surface area contributed by atoms with Crippen LogP contribution < -0.4 is 0 Å². The summed E-state index contributed by atoms with van der Waals surface area (Å²) in [4.78, 5) is -3.73. The standard InChI is InChI=1S/C8H11BrClF3/c1-2-3-4-5-6-7(10,11)8(9,12)13/h5-6H,2-4H2,1H3/b6-5-/t7-/m0/s1. The summed E-state index contributed by atoms with van der Waals surface area (Å²) in [5.41, 5.74) is 0. The molecule has 0 saturated heterocycles. The van der Waals surface area contributed by atoms with Crippen LogP contribution in [0.25, 0.3) is 0 Å². The van der Waals surface area contributed by atoms with Gasteiger partial charge in [0.25, 0.3) is 5.13 Å². The second-order valence-corrected chi connectivity index (χ2v) is 4.21. The molecule has 0 radical (unpaired) electrons. The molecule has 0 bridgehead atoms. The van der Waals surface area contributed by atoms with Gasteiger partial charge in [0.05, 0.1) is 0 Å². The summed E-state index contributed by atoms with van der Waals surface area (Å²) in [5, 5.41) is -3.14. The first-order valence-corrected chi connectivity index (χ1v) is 5.10. The molecule has 0 saturated carbocycles. The predicted octanol–water partition coefficient (Wildman–Crippen LogP) is 4.63. The minimum Gasteiger partial charge on any atom is -0.214 e. The molecular formula is C8H11BrClF3. The van der Waals surface area contributed by atoms with E-state index in [9.17, 15) is 13.2 Å². The highest BCUT2D eigenvalue weighted by Crippen LogP contribution is 2.42. The first kappa shape index (κ1) is 13.3. The normalized spacial score (nSPS) is 17.7. The van der Waals surface area contributed by atoms with Gasteiger partial charge in [-0.2, -0.15) is 8.78 Å². The Labute approximate surface area is 89.3 Å². The summed E-state index contributed by atoms with van der Waals surface area (Å²) in [5.74, 6) is 0. The van der Waals surface area contributed by atoms with Crippen molar-refractivity contribution in [2.45, 2.75) is 36.1 Å². The molecule has 0 N–H and O–H groups in total. The molecule has 0 aromatic heterocycles. The van der Waals surface area contributed by atoms with Crippen molar-refractivity contribution in [3.8, 4) is 0 Å². The van der Waals surface area contributed by atoms with Crippen molar-refractivity contribution in [2.24, 2.45) is 0 Å². The van der Waals surface area contributed by atoms with E-state index in [0.29, 0.717) is 12.5 Å². The highest BCUT2D eigenvalue weighted by molar-refractivity contribution is 9.10. The van der Waals surface area contributed by atoms with Crippen LogP contribution in [0.3, 0.4) is 0 Å². The molecule has 0 aromatic carbocycles. The second-order valence-electron chi connectivity index (χ2n) is 2.67. The summed E-state index contributed by atoms with van der Waals surface area (Å²) in [6.45, 7) is 1.95. The van der Waals surface area contributed by atoms with Crippen LogP contribution in [-0.2, 0) is 0 Å². The fourth-order valence-electron chi connectivity index (χ4n) is 0.648. The maximum atomic E-state index is 12.9. The van der Waals surface area contributed by atoms with E-state index in [-0.39, 0.29) is 0 Å². The van der Waals surface area contributed by atoms with Crippen LogP contribution in [0.4, 0.5) is 13.2 Å². The highest BCUT2D eigenvalue weighted by Gasteiger charge is 2.49. The number of alkyl halides is 5. The topological polar surface area (TPSA) is 0 Å². The monoisotopic (exact) mass is 278 g/mol. The zero-order chi connectivity index (χ0) is 10.5. The lowest BCUT2D eigenvalue weighted by atomic mass is 10.2. The summed E-state index contributed by atoms with van der Waals surface area (Å²) in [6, 6.07) is 0. The quantitative estimate of drug-likeness (QED) is 0.391. The fourth-order valence-corrected chi connectivity index (χ4v) is 0.869. The lowest BCUT2D eigenvalue weighted by Crippen LogP contribution is -2.31. The third-order valence-electron chi connectivity index (χ3n) is 1.43. The molecule has 0 fully saturated rings. The Balaban J connectivity index is 4.09. The van der Waals surface area contributed by atoms with Crippen LogP contribution in [0.15, 0.2) is 12.2 Å². The second kappa shape index (κ2) is 5.25. The van der Waals surface area contributed by atoms with Gasteiger partial charge in [-0.05, 0) is 28.4 Å². The Morgan fingerprint density at radius 2 is 1.92 bits per heavy atom. The van der Waals surface area contributed by atoms with Gasteiger partial charge in [0.1, 0.15) is 0 Å². The smallest absolute Gasteiger partial charge is 0.214 e. The van der Waals surface area contributed by atoms with Crippen molar-refractivity contribution < 1.29 is 13.2 Å². The van der Waals surface area contributed by atoms with Gasteiger partial charge in [-0.1, -0.05) is 37.4 Å². The molecule has 0 aromatic rings. The molecule has 0 nitrogen and oxygen atoms in total. The minimum atomic E-state index is -3.73. The van der Waals surface area contributed by atoms with E-state index in [1.54, 1.807) is 0 Å². The Kier molecular flexibility index (Phi) is 5.37. The molecule has 0 aliphatic carbocycles. The summed E-state index contributed by atoms with van der Waals surface area (Å²) in [6.07, 6.45) is 4.32. The Hall–Kier alpha value is 0.300. The van der Waals surface area contributed by atoms with E-state index in [0.717, 1.165) is 12.8 Å². The summed E-state index contributed by atoms with van der Waals surface area (Å²) in [7, 11) is 0.